The highest BCUT2D eigenvalue weighted by Crippen LogP contribution is 2.27. The summed E-state index contributed by atoms with van der Waals surface area (Å²) in [5, 5.41) is -0.172. The van der Waals surface area contributed by atoms with E-state index in [4.69, 9.17) is 5.73 Å². The van der Waals surface area contributed by atoms with E-state index in [0.29, 0.717) is 12.6 Å². The molecule has 1 fully saturated rings. The fourth-order valence-corrected chi connectivity index (χ4v) is 4.35. The van der Waals surface area contributed by atoms with Crippen LogP contribution in [0.4, 0.5) is 0 Å². The molecule has 0 amide bonds. The van der Waals surface area contributed by atoms with Gasteiger partial charge >= 0.3 is 0 Å². The summed E-state index contributed by atoms with van der Waals surface area (Å²) in [5.74, 6) is 0. The van der Waals surface area contributed by atoms with Crippen molar-refractivity contribution in [3.63, 3.8) is 0 Å². The second-order valence-corrected chi connectivity index (χ2v) is 8.54. The van der Waals surface area contributed by atoms with Crippen LogP contribution in [0.15, 0.2) is 24.3 Å². The van der Waals surface area contributed by atoms with Crippen LogP contribution in [0.5, 0.6) is 0 Å². The average molecular weight is 310 g/mol. The summed E-state index contributed by atoms with van der Waals surface area (Å²) in [6, 6.07) is 8.65. The highest BCUT2D eigenvalue weighted by atomic mass is 32.2. The van der Waals surface area contributed by atoms with Gasteiger partial charge in [-0.3, -0.25) is 4.90 Å². The molecule has 0 spiro atoms. The summed E-state index contributed by atoms with van der Waals surface area (Å²) < 4.78 is 23.5. The molecule has 1 aliphatic carbocycles. The number of benzene rings is 1. The van der Waals surface area contributed by atoms with Gasteiger partial charge in [0.05, 0.1) is 5.25 Å². The zero-order valence-electron chi connectivity index (χ0n) is 13.0. The number of hydrogen-bond donors (Lipinski definition) is 1. The SMILES string of the molecule is CN(Cc1cccc(CN)c1)C1CCCC(S(C)(=O)=O)C1. The van der Waals surface area contributed by atoms with Crippen LogP contribution in [0.25, 0.3) is 0 Å². The third kappa shape index (κ3) is 4.53. The van der Waals surface area contributed by atoms with E-state index in [1.807, 2.05) is 12.1 Å². The largest absolute Gasteiger partial charge is 0.326 e. The zero-order chi connectivity index (χ0) is 15.5. The molecule has 2 atom stereocenters. The van der Waals surface area contributed by atoms with Gasteiger partial charge < -0.3 is 5.73 Å². The van der Waals surface area contributed by atoms with Crippen molar-refractivity contribution in [1.29, 1.82) is 0 Å². The first-order valence-electron chi connectivity index (χ1n) is 7.57. The molecule has 0 heterocycles. The Bertz CT molecular complexity index is 571. The molecule has 4 nitrogen and oxygen atoms in total. The zero-order valence-corrected chi connectivity index (χ0v) is 13.8. The minimum atomic E-state index is -2.92. The van der Waals surface area contributed by atoms with Gasteiger partial charge in [-0.15, -0.1) is 0 Å². The Hall–Kier alpha value is -0.910. The first-order valence-corrected chi connectivity index (χ1v) is 9.52. The van der Waals surface area contributed by atoms with E-state index in [-0.39, 0.29) is 5.25 Å². The topological polar surface area (TPSA) is 63.4 Å². The lowest BCUT2D eigenvalue weighted by molar-refractivity contribution is 0.185. The molecular formula is C16H26N2O2S. The summed E-state index contributed by atoms with van der Waals surface area (Å²) in [7, 11) is -0.831. The van der Waals surface area contributed by atoms with Gasteiger partial charge in [-0.25, -0.2) is 8.42 Å². The maximum Gasteiger partial charge on any atom is 0.150 e. The van der Waals surface area contributed by atoms with Crippen molar-refractivity contribution in [3.8, 4) is 0 Å². The monoisotopic (exact) mass is 310 g/mol. The summed E-state index contributed by atoms with van der Waals surface area (Å²) in [6.07, 6.45) is 5.01. The fourth-order valence-electron chi connectivity index (χ4n) is 3.18. The van der Waals surface area contributed by atoms with Crippen LogP contribution in [-0.2, 0) is 22.9 Å². The van der Waals surface area contributed by atoms with Gasteiger partial charge in [0.2, 0.25) is 0 Å². The Morgan fingerprint density at radius 3 is 2.67 bits per heavy atom. The number of nitrogens with two attached hydrogens (primary N) is 1. The maximum absolute atomic E-state index is 11.8. The van der Waals surface area contributed by atoms with Crippen LogP contribution in [0.2, 0.25) is 0 Å². The Kier molecular flexibility index (Phi) is 5.41. The molecule has 118 valence electrons. The molecule has 0 bridgehead atoms. The molecule has 0 aromatic heterocycles. The van der Waals surface area contributed by atoms with E-state index in [9.17, 15) is 8.42 Å². The summed E-state index contributed by atoms with van der Waals surface area (Å²) in [4.78, 5) is 2.28. The van der Waals surface area contributed by atoms with Crippen molar-refractivity contribution in [1.82, 2.24) is 4.90 Å². The molecule has 1 aromatic carbocycles. The first-order chi connectivity index (χ1) is 9.90. The normalized spacial score (nSPS) is 23.4. The molecule has 0 radical (unpaired) electrons. The van der Waals surface area contributed by atoms with Crippen molar-refractivity contribution in [2.24, 2.45) is 5.73 Å². The Morgan fingerprint density at radius 1 is 1.29 bits per heavy atom. The van der Waals surface area contributed by atoms with Gasteiger partial charge in [-0.2, -0.15) is 0 Å². The van der Waals surface area contributed by atoms with E-state index in [0.717, 1.165) is 37.8 Å². The Balaban J connectivity index is 2.00. The summed E-state index contributed by atoms with van der Waals surface area (Å²) in [5.41, 5.74) is 8.05. The van der Waals surface area contributed by atoms with Gasteiger partial charge in [-0.1, -0.05) is 30.7 Å². The molecule has 1 aromatic rings. The van der Waals surface area contributed by atoms with Crippen LogP contribution >= 0.6 is 0 Å². The van der Waals surface area contributed by atoms with Gasteiger partial charge in [-0.05, 0) is 37.4 Å². The van der Waals surface area contributed by atoms with Crippen molar-refractivity contribution >= 4 is 9.84 Å². The molecular weight excluding hydrogens is 284 g/mol. The lowest BCUT2D eigenvalue weighted by atomic mass is 9.93. The van der Waals surface area contributed by atoms with Crippen LogP contribution in [0.3, 0.4) is 0 Å². The lowest BCUT2D eigenvalue weighted by Crippen LogP contribution is -2.39. The molecule has 1 saturated carbocycles. The van der Waals surface area contributed by atoms with Crippen molar-refractivity contribution < 1.29 is 8.42 Å². The van der Waals surface area contributed by atoms with Crippen molar-refractivity contribution in [2.75, 3.05) is 13.3 Å². The second-order valence-electron chi connectivity index (χ2n) is 6.21. The van der Waals surface area contributed by atoms with Crippen LogP contribution in [0, 0.1) is 0 Å². The maximum atomic E-state index is 11.8. The molecule has 2 rings (SSSR count). The predicted molar refractivity (Wildman–Crippen MR) is 86.7 cm³/mol. The third-order valence-electron chi connectivity index (χ3n) is 4.49. The standard InChI is InChI=1S/C16H26N2O2S/c1-18(12-14-6-3-5-13(9-14)11-17)15-7-4-8-16(10-15)21(2,19)20/h3,5-6,9,15-16H,4,7-8,10-12,17H2,1-2H3. The summed E-state index contributed by atoms with van der Waals surface area (Å²) in [6.45, 7) is 1.39. The van der Waals surface area contributed by atoms with E-state index in [2.05, 4.69) is 24.1 Å². The molecule has 21 heavy (non-hydrogen) atoms. The van der Waals surface area contributed by atoms with Gasteiger partial charge in [0, 0.05) is 25.4 Å². The first kappa shape index (κ1) is 16.5. The quantitative estimate of drug-likeness (QED) is 0.902. The lowest BCUT2D eigenvalue weighted by Gasteiger charge is -2.34. The molecule has 2 N–H and O–H groups in total. The fraction of sp³-hybridized carbons (Fsp3) is 0.625. The number of rotatable bonds is 5. The van der Waals surface area contributed by atoms with Gasteiger partial charge in [0.15, 0.2) is 0 Å². The molecule has 2 unspecified atom stereocenters. The number of nitrogens with zero attached hydrogens (tertiary/aromatic N) is 1. The Morgan fingerprint density at radius 2 is 2.00 bits per heavy atom. The molecule has 1 aliphatic rings. The third-order valence-corrected chi connectivity index (χ3v) is 6.13. The van der Waals surface area contributed by atoms with E-state index in [1.54, 1.807) is 0 Å². The van der Waals surface area contributed by atoms with Crippen LogP contribution in [0.1, 0.15) is 36.8 Å². The Labute approximate surface area is 128 Å². The van der Waals surface area contributed by atoms with E-state index < -0.39 is 9.84 Å². The predicted octanol–water partition coefficient (Wildman–Crippen LogP) is 1.93. The van der Waals surface area contributed by atoms with Crippen LogP contribution in [-0.4, -0.2) is 37.9 Å². The van der Waals surface area contributed by atoms with Crippen molar-refractivity contribution in [3.05, 3.63) is 35.4 Å². The highest BCUT2D eigenvalue weighted by Gasteiger charge is 2.30. The number of sulfone groups is 1. The molecule has 5 heteroatoms. The molecule has 0 aliphatic heterocycles. The second kappa shape index (κ2) is 6.90. The van der Waals surface area contributed by atoms with Crippen LogP contribution < -0.4 is 5.73 Å². The smallest absolute Gasteiger partial charge is 0.150 e. The van der Waals surface area contributed by atoms with Crippen molar-refractivity contribution in [2.45, 2.75) is 50.1 Å². The van der Waals surface area contributed by atoms with Gasteiger partial charge in [0.1, 0.15) is 9.84 Å². The van der Waals surface area contributed by atoms with E-state index >= 15 is 0 Å². The van der Waals surface area contributed by atoms with Gasteiger partial charge in [0.25, 0.3) is 0 Å². The van der Waals surface area contributed by atoms with E-state index in [1.165, 1.54) is 11.8 Å². The average Bonchev–Trinajstić information content (AvgIpc) is 2.46. The molecule has 0 saturated heterocycles. The summed E-state index contributed by atoms with van der Waals surface area (Å²) >= 11 is 0. The minimum absolute atomic E-state index is 0.172. The minimum Gasteiger partial charge on any atom is -0.326 e. The number of hydrogen-bond acceptors (Lipinski definition) is 4. The highest BCUT2D eigenvalue weighted by molar-refractivity contribution is 7.91.